The summed E-state index contributed by atoms with van der Waals surface area (Å²) < 4.78 is 5.22. The Morgan fingerprint density at radius 1 is 1.10 bits per heavy atom. The van der Waals surface area contributed by atoms with E-state index in [0.717, 1.165) is 25.6 Å². The second-order valence-electron chi connectivity index (χ2n) is 6.04. The predicted octanol–water partition coefficient (Wildman–Crippen LogP) is 2.28. The Kier molecular flexibility index (Phi) is 6.30. The first kappa shape index (κ1) is 15.8. The highest BCUT2D eigenvalue weighted by Gasteiger charge is 2.30. The molecule has 2 rings (SSSR count). The zero-order chi connectivity index (χ0) is 14.4. The molecule has 0 N–H and O–H groups in total. The summed E-state index contributed by atoms with van der Waals surface area (Å²) in [5.74, 6) is -0.0328. The summed E-state index contributed by atoms with van der Waals surface area (Å²) in [5.41, 5.74) is 0. The van der Waals surface area contributed by atoms with Crippen molar-refractivity contribution >= 4 is 5.97 Å². The van der Waals surface area contributed by atoms with Gasteiger partial charge in [-0.2, -0.15) is 0 Å². The van der Waals surface area contributed by atoms with E-state index in [1.54, 1.807) is 0 Å². The van der Waals surface area contributed by atoms with Gasteiger partial charge in [-0.05, 0) is 65.1 Å². The highest BCUT2D eigenvalue weighted by atomic mass is 16.5. The molecule has 0 radical (unpaired) electrons. The summed E-state index contributed by atoms with van der Waals surface area (Å²) in [6.45, 7) is 9.10. The van der Waals surface area contributed by atoms with E-state index in [1.165, 1.54) is 45.2 Å². The highest BCUT2D eigenvalue weighted by Crippen LogP contribution is 2.23. The second-order valence-corrected chi connectivity index (χ2v) is 6.04. The number of hydrogen-bond donors (Lipinski definition) is 0. The van der Waals surface area contributed by atoms with Crippen LogP contribution in [0.15, 0.2) is 0 Å². The van der Waals surface area contributed by atoms with Crippen molar-refractivity contribution in [1.29, 1.82) is 0 Å². The molecule has 2 aliphatic rings. The van der Waals surface area contributed by atoms with Gasteiger partial charge < -0.3 is 9.64 Å². The third-order valence-electron chi connectivity index (χ3n) is 4.78. The Labute approximate surface area is 123 Å². The molecular weight excluding hydrogens is 252 g/mol. The summed E-state index contributed by atoms with van der Waals surface area (Å²) in [5, 5.41) is 0. The number of ether oxygens (including phenoxy) is 1. The van der Waals surface area contributed by atoms with E-state index < -0.39 is 0 Å². The summed E-state index contributed by atoms with van der Waals surface area (Å²) in [7, 11) is 0. The molecule has 0 aromatic rings. The summed E-state index contributed by atoms with van der Waals surface area (Å²) in [6.07, 6.45) is 7.28. The van der Waals surface area contributed by atoms with Crippen molar-refractivity contribution in [2.75, 3.05) is 32.8 Å². The number of carbonyl (C=O) groups excluding carboxylic acids is 1. The normalized spacial score (nSPS) is 27.2. The molecular formula is C16H30N2O2. The van der Waals surface area contributed by atoms with Gasteiger partial charge in [-0.25, -0.2) is 0 Å². The van der Waals surface area contributed by atoms with Crippen molar-refractivity contribution in [2.45, 2.75) is 64.5 Å². The van der Waals surface area contributed by atoms with E-state index in [4.69, 9.17) is 4.74 Å². The Morgan fingerprint density at radius 2 is 1.85 bits per heavy atom. The molecule has 0 aromatic carbocycles. The van der Waals surface area contributed by atoms with Gasteiger partial charge in [0, 0.05) is 12.6 Å². The van der Waals surface area contributed by atoms with E-state index >= 15 is 0 Å². The molecule has 2 fully saturated rings. The van der Waals surface area contributed by atoms with Crippen LogP contribution in [0.5, 0.6) is 0 Å². The quantitative estimate of drug-likeness (QED) is 0.724. The summed E-state index contributed by atoms with van der Waals surface area (Å²) in [4.78, 5) is 17.1. The lowest BCUT2D eigenvalue weighted by Crippen LogP contribution is -2.43. The first-order valence-electron chi connectivity index (χ1n) is 8.41. The number of esters is 1. The van der Waals surface area contributed by atoms with Gasteiger partial charge >= 0.3 is 5.97 Å². The van der Waals surface area contributed by atoms with Crippen molar-refractivity contribution < 1.29 is 9.53 Å². The Morgan fingerprint density at radius 3 is 2.50 bits per heavy atom. The topological polar surface area (TPSA) is 32.8 Å². The molecule has 2 atom stereocenters. The molecule has 2 aliphatic heterocycles. The van der Waals surface area contributed by atoms with Gasteiger partial charge in [-0.3, -0.25) is 9.69 Å². The largest absolute Gasteiger partial charge is 0.465 e. The average molecular weight is 282 g/mol. The molecule has 4 heteroatoms. The van der Waals surface area contributed by atoms with E-state index in [1.807, 2.05) is 6.92 Å². The molecule has 2 saturated heterocycles. The maximum atomic E-state index is 12.0. The van der Waals surface area contributed by atoms with Crippen LogP contribution < -0.4 is 0 Å². The molecule has 20 heavy (non-hydrogen) atoms. The molecule has 0 spiro atoms. The molecule has 0 bridgehead atoms. The molecule has 0 aromatic heterocycles. The molecule has 0 saturated carbocycles. The fraction of sp³-hybridized carbons (Fsp3) is 0.938. The van der Waals surface area contributed by atoms with Crippen LogP contribution in [0.3, 0.4) is 0 Å². The minimum absolute atomic E-state index is 0.0328. The molecule has 0 aliphatic carbocycles. The van der Waals surface area contributed by atoms with Gasteiger partial charge in [0.2, 0.25) is 0 Å². The van der Waals surface area contributed by atoms with E-state index in [2.05, 4.69) is 16.7 Å². The van der Waals surface area contributed by atoms with Crippen LogP contribution in [0, 0.1) is 0 Å². The Balaban J connectivity index is 1.88. The van der Waals surface area contributed by atoms with Gasteiger partial charge in [0.05, 0.1) is 6.61 Å². The third-order valence-corrected chi connectivity index (χ3v) is 4.78. The highest BCUT2D eigenvalue weighted by molar-refractivity contribution is 5.75. The van der Waals surface area contributed by atoms with Crippen molar-refractivity contribution in [3.05, 3.63) is 0 Å². The van der Waals surface area contributed by atoms with Crippen LogP contribution >= 0.6 is 0 Å². The standard InChI is InChI=1S/C16H30N2O2/c1-3-15(16(19)20-4-2)18-12-7-8-14(9-13-18)17-10-5-6-11-17/h14-15H,3-13H2,1-2H3/t14-,15-/m0/s1. The van der Waals surface area contributed by atoms with Crippen LogP contribution in [0.2, 0.25) is 0 Å². The molecule has 116 valence electrons. The molecule has 2 heterocycles. The molecule has 0 amide bonds. The van der Waals surface area contributed by atoms with E-state index in [9.17, 15) is 4.79 Å². The zero-order valence-electron chi connectivity index (χ0n) is 13.1. The summed E-state index contributed by atoms with van der Waals surface area (Å²) >= 11 is 0. The first-order valence-corrected chi connectivity index (χ1v) is 8.41. The van der Waals surface area contributed by atoms with Crippen LogP contribution in [0.1, 0.15) is 52.4 Å². The Hall–Kier alpha value is -0.610. The smallest absolute Gasteiger partial charge is 0.323 e. The number of nitrogens with zero attached hydrogens (tertiary/aromatic N) is 2. The minimum atomic E-state index is -0.0349. The predicted molar refractivity (Wildman–Crippen MR) is 80.7 cm³/mol. The van der Waals surface area contributed by atoms with Gasteiger partial charge in [0.15, 0.2) is 0 Å². The van der Waals surface area contributed by atoms with Crippen LogP contribution in [-0.2, 0) is 9.53 Å². The number of rotatable bonds is 5. The van der Waals surface area contributed by atoms with Crippen molar-refractivity contribution in [3.63, 3.8) is 0 Å². The molecule has 4 nitrogen and oxygen atoms in total. The number of carbonyl (C=O) groups is 1. The zero-order valence-corrected chi connectivity index (χ0v) is 13.1. The summed E-state index contributed by atoms with van der Waals surface area (Å²) in [6, 6.07) is 0.703. The SMILES string of the molecule is CCOC(=O)[C@H](CC)N1CCC[C@H](N2CCCC2)CC1. The number of likely N-dealkylation sites (tertiary alicyclic amines) is 2. The van der Waals surface area contributed by atoms with Crippen molar-refractivity contribution in [1.82, 2.24) is 9.80 Å². The van der Waals surface area contributed by atoms with Crippen LogP contribution in [-0.4, -0.2) is 60.6 Å². The first-order chi connectivity index (χ1) is 9.76. The fourth-order valence-corrected chi connectivity index (χ4v) is 3.70. The lowest BCUT2D eigenvalue weighted by atomic mass is 10.1. The lowest BCUT2D eigenvalue weighted by Gasteiger charge is -2.29. The average Bonchev–Trinajstić information content (AvgIpc) is 2.87. The third kappa shape index (κ3) is 3.95. The van der Waals surface area contributed by atoms with E-state index in [-0.39, 0.29) is 12.0 Å². The maximum Gasteiger partial charge on any atom is 0.323 e. The van der Waals surface area contributed by atoms with Gasteiger partial charge in [-0.15, -0.1) is 0 Å². The van der Waals surface area contributed by atoms with Gasteiger partial charge in [0.25, 0.3) is 0 Å². The second kappa shape index (κ2) is 7.99. The monoisotopic (exact) mass is 282 g/mol. The van der Waals surface area contributed by atoms with E-state index in [0.29, 0.717) is 6.61 Å². The van der Waals surface area contributed by atoms with Crippen LogP contribution in [0.4, 0.5) is 0 Å². The van der Waals surface area contributed by atoms with Crippen molar-refractivity contribution in [2.24, 2.45) is 0 Å². The maximum absolute atomic E-state index is 12.0. The van der Waals surface area contributed by atoms with Gasteiger partial charge in [0.1, 0.15) is 6.04 Å². The fourth-order valence-electron chi connectivity index (χ4n) is 3.70. The van der Waals surface area contributed by atoms with Gasteiger partial charge in [-0.1, -0.05) is 6.92 Å². The number of hydrogen-bond acceptors (Lipinski definition) is 4. The minimum Gasteiger partial charge on any atom is -0.465 e. The lowest BCUT2D eigenvalue weighted by molar-refractivity contribution is -0.149. The Bertz CT molecular complexity index is 303. The van der Waals surface area contributed by atoms with Crippen LogP contribution in [0.25, 0.3) is 0 Å². The molecule has 0 unspecified atom stereocenters. The van der Waals surface area contributed by atoms with Crippen molar-refractivity contribution in [3.8, 4) is 0 Å².